The second kappa shape index (κ2) is 5.91. The van der Waals surface area contributed by atoms with Gasteiger partial charge in [0, 0.05) is 5.02 Å². The van der Waals surface area contributed by atoms with Gasteiger partial charge in [-0.2, -0.15) is 0 Å². The maximum absolute atomic E-state index is 6.16. The molecule has 0 aliphatic rings. The molecule has 0 amide bonds. The molecule has 3 N–H and O–H groups in total. The van der Waals surface area contributed by atoms with Gasteiger partial charge in [0.25, 0.3) is 0 Å². The van der Waals surface area contributed by atoms with Crippen LogP contribution in [0.3, 0.4) is 0 Å². The minimum atomic E-state index is -0.228. The Kier molecular flexibility index (Phi) is 4.49. The van der Waals surface area contributed by atoms with Gasteiger partial charge in [-0.25, -0.2) is 5.43 Å². The first-order valence-corrected chi connectivity index (χ1v) is 6.42. The van der Waals surface area contributed by atoms with Crippen LogP contribution in [0.1, 0.15) is 17.2 Å². The molecule has 0 aliphatic heterocycles. The van der Waals surface area contributed by atoms with Crippen molar-refractivity contribution in [2.45, 2.75) is 6.04 Å². The van der Waals surface area contributed by atoms with Gasteiger partial charge in [0.15, 0.2) is 0 Å². The molecule has 2 rings (SSSR count). The summed E-state index contributed by atoms with van der Waals surface area (Å²) >= 11 is 18.1. The van der Waals surface area contributed by atoms with E-state index in [2.05, 4.69) is 5.43 Å². The number of benzene rings is 2. The Bertz CT molecular complexity index is 558. The van der Waals surface area contributed by atoms with Gasteiger partial charge >= 0.3 is 0 Å². The fourth-order valence-corrected chi connectivity index (χ4v) is 2.32. The molecule has 0 heterocycles. The molecule has 0 saturated carbocycles. The van der Waals surface area contributed by atoms with Crippen molar-refractivity contribution in [3.63, 3.8) is 0 Å². The number of rotatable bonds is 3. The van der Waals surface area contributed by atoms with Gasteiger partial charge in [-0.3, -0.25) is 5.84 Å². The van der Waals surface area contributed by atoms with Gasteiger partial charge in [-0.15, -0.1) is 0 Å². The van der Waals surface area contributed by atoms with E-state index in [1.807, 2.05) is 30.3 Å². The highest BCUT2D eigenvalue weighted by atomic mass is 35.5. The van der Waals surface area contributed by atoms with Gasteiger partial charge in [-0.1, -0.05) is 59.1 Å². The first-order valence-electron chi connectivity index (χ1n) is 5.29. The maximum atomic E-state index is 6.16. The van der Waals surface area contributed by atoms with Crippen molar-refractivity contribution in [2.75, 3.05) is 0 Å². The zero-order chi connectivity index (χ0) is 13.1. The number of nitrogens with one attached hydrogen (secondary N) is 1. The van der Waals surface area contributed by atoms with Gasteiger partial charge in [0.2, 0.25) is 0 Å². The molecule has 0 spiro atoms. The van der Waals surface area contributed by atoms with Crippen LogP contribution >= 0.6 is 34.8 Å². The smallest absolute Gasteiger partial charge is 0.0725 e. The molecule has 5 heteroatoms. The van der Waals surface area contributed by atoms with Gasteiger partial charge in [0.05, 0.1) is 16.1 Å². The Labute approximate surface area is 121 Å². The fourth-order valence-electron chi connectivity index (χ4n) is 1.77. The maximum Gasteiger partial charge on any atom is 0.0725 e. The summed E-state index contributed by atoms with van der Waals surface area (Å²) in [6, 6.07) is 12.7. The third kappa shape index (κ3) is 2.79. The standard InChI is InChI=1S/C13H11Cl3N2/c14-10-4-2-1-3-9(10)13(18-17)8-5-6-11(15)12(16)7-8/h1-7,13,18H,17H2. The highest BCUT2D eigenvalue weighted by molar-refractivity contribution is 6.42. The van der Waals surface area contributed by atoms with Crippen LogP contribution < -0.4 is 11.3 Å². The molecule has 0 saturated heterocycles. The summed E-state index contributed by atoms with van der Waals surface area (Å²) < 4.78 is 0. The monoisotopic (exact) mass is 300 g/mol. The number of hydrazine groups is 1. The normalized spacial score (nSPS) is 12.4. The van der Waals surface area contributed by atoms with Crippen LogP contribution in [0, 0.1) is 0 Å². The van der Waals surface area contributed by atoms with E-state index in [1.165, 1.54) is 0 Å². The van der Waals surface area contributed by atoms with Crippen LogP contribution in [0.5, 0.6) is 0 Å². The number of halogens is 3. The van der Waals surface area contributed by atoms with Crippen LogP contribution in [-0.2, 0) is 0 Å². The Balaban J connectivity index is 2.45. The molecule has 0 fully saturated rings. The van der Waals surface area contributed by atoms with Crippen LogP contribution in [-0.4, -0.2) is 0 Å². The zero-order valence-corrected chi connectivity index (χ0v) is 11.6. The molecular weight excluding hydrogens is 291 g/mol. The van der Waals surface area contributed by atoms with E-state index in [-0.39, 0.29) is 6.04 Å². The predicted molar refractivity (Wildman–Crippen MR) is 77.1 cm³/mol. The number of hydrogen-bond donors (Lipinski definition) is 2. The quantitative estimate of drug-likeness (QED) is 0.658. The first kappa shape index (κ1) is 13.7. The van der Waals surface area contributed by atoms with Crippen LogP contribution in [0.2, 0.25) is 15.1 Å². The summed E-state index contributed by atoms with van der Waals surface area (Å²) in [5.74, 6) is 5.61. The molecule has 1 atom stereocenters. The van der Waals surface area contributed by atoms with Crippen LogP contribution in [0.15, 0.2) is 42.5 Å². The molecule has 2 aromatic carbocycles. The van der Waals surface area contributed by atoms with E-state index in [4.69, 9.17) is 40.6 Å². The van der Waals surface area contributed by atoms with Crippen molar-refractivity contribution in [1.82, 2.24) is 5.43 Å². The number of hydrogen-bond acceptors (Lipinski definition) is 2. The van der Waals surface area contributed by atoms with Crippen molar-refractivity contribution in [1.29, 1.82) is 0 Å². The van der Waals surface area contributed by atoms with E-state index >= 15 is 0 Å². The van der Waals surface area contributed by atoms with Gasteiger partial charge in [-0.05, 0) is 29.3 Å². The fraction of sp³-hybridized carbons (Fsp3) is 0.0769. The molecule has 0 radical (unpaired) electrons. The summed E-state index contributed by atoms with van der Waals surface area (Å²) in [7, 11) is 0. The van der Waals surface area contributed by atoms with Crippen molar-refractivity contribution in [3.05, 3.63) is 68.7 Å². The third-order valence-electron chi connectivity index (χ3n) is 2.66. The molecule has 18 heavy (non-hydrogen) atoms. The Morgan fingerprint density at radius 3 is 2.22 bits per heavy atom. The predicted octanol–water partition coefficient (Wildman–Crippen LogP) is 4.20. The van der Waals surface area contributed by atoms with Crippen LogP contribution in [0.4, 0.5) is 0 Å². The number of nitrogens with two attached hydrogens (primary N) is 1. The second-order valence-electron chi connectivity index (χ2n) is 3.79. The van der Waals surface area contributed by atoms with Crippen molar-refractivity contribution in [3.8, 4) is 0 Å². The summed E-state index contributed by atoms with van der Waals surface area (Å²) in [5, 5.41) is 1.64. The topological polar surface area (TPSA) is 38.0 Å². The average Bonchev–Trinajstić information content (AvgIpc) is 2.37. The SMILES string of the molecule is NNC(c1ccc(Cl)c(Cl)c1)c1ccccc1Cl. The lowest BCUT2D eigenvalue weighted by molar-refractivity contribution is 0.637. The van der Waals surface area contributed by atoms with E-state index in [0.717, 1.165) is 11.1 Å². The minimum Gasteiger partial charge on any atom is -0.271 e. The van der Waals surface area contributed by atoms with E-state index in [0.29, 0.717) is 15.1 Å². The summed E-state index contributed by atoms with van der Waals surface area (Å²) in [4.78, 5) is 0. The largest absolute Gasteiger partial charge is 0.271 e. The minimum absolute atomic E-state index is 0.228. The van der Waals surface area contributed by atoms with Gasteiger partial charge < -0.3 is 0 Å². The molecule has 2 nitrogen and oxygen atoms in total. The highest BCUT2D eigenvalue weighted by Gasteiger charge is 2.16. The third-order valence-corrected chi connectivity index (χ3v) is 3.74. The second-order valence-corrected chi connectivity index (χ2v) is 5.02. The molecule has 94 valence electrons. The summed E-state index contributed by atoms with van der Waals surface area (Å²) in [6.45, 7) is 0. The van der Waals surface area contributed by atoms with Crippen molar-refractivity contribution >= 4 is 34.8 Å². The Morgan fingerprint density at radius 1 is 0.889 bits per heavy atom. The summed E-state index contributed by atoms with van der Waals surface area (Å²) in [5.41, 5.74) is 4.53. The first-order chi connectivity index (χ1) is 8.63. The lowest BCUT2D eigenvalue weighted by atomic mass is 9.99. The molecule has 0 aromatic heterocycles. The molecule has 2 aromatic rings. The lowest BCUT2D eigenvalue weighted by Gasteiger charge is -2.18. The summed E-state index contributed by atoms with van der Waals surface area (Å²) in [6.07, 6.45) is 0. The molecule has 1 unspecified atom stereocenters. The Hall–Kier alpha value is -0.770. The van der Waals surface area contributed by atoms with Crippen molar-refractivity contribution < 1.29 is 0 Å². The molecule has 0 aliphatic carbocycles. The Morgan fingerprint density at radius 2 is 1.61 bits per heavy atom. The highest BCUT2D eigenvalue weighted by Crippen LogP contribution is 2.31. The van der Waals surface area contributed by atoms with E-state index in [1.54, 1.807) is 12.1 Å². The van der Waals surface area contributed by atoms with E-state index < -0.39 is 0 Å². The molecular formula is C13H11Cl3N2. The molecule has 0 bridgehead atoms. The van der Waals surface area contributed by atoms with E-state index in [9.17, 15) is 0 Å². The lowest BCUT2D eigenvalue weighted by Crippen LogP contribution is -2.29. The van der Waals surface area contributed by atoms with Gasteiger partial charge in [0.1, 0.15) is 0 Å². The zero-order valence-electron chi connectivity index (χ0n) is 9.33. The van der Waals surface area contributed by atoms with Crippen LogP contribution in [0.25, 0.3) is 0 Å². The van der Waals surface area contributed by atoms with Crippen molar-refractivity contribution in [2.24, 2.45) is 5.84 Å². The average molecular weight is 302 g/mol.